The Labute approximate surface area is 154 Å². The minimum absolute atomic E-state index is 0.00692. The predicted octanol–water partition coefficient (Wildman–Crippen LogP) is 3.28. The molecule has 0 aliphatic rings. The van der Waals surface area contributed by atoms with Crippen molar-refractivity contribution in [2.75, 3.05) is 13.7 Å². The van der Waals surface area contributed by atoms with Crippen molar-refractivity contribution >= 4 is 27.8 Å². The van der Waals surface area contributed by atoms with Gasteiger partial charge in [-0.25, -0.2) is 0 Å². The Hall–Kier alpha value is -2.43. The lowest BCUT2D eigenvalue weighted by Gasteiger charge is -2.13. The molecule has 0 radical (unpaired) electrons. The number of ether oxygens (including phenoxy) is 1. The third kappa shape index (κ3) is 4.35. The number of aliphatic imine (C=N–C) groups is 1. The lowest BCUT2D eigenvalue weighted by Crippen LogP contribution is -2.26. The number of hydrogen-bond donors (Lipinski definition) is 1. The average molecular weight is 404 g/mol. The lowest BCUT2D eigenvalue weighted by atomic mass is 10.1. The molecular formula is C18H18BrN3O3. The first kappa shape index (κ1) is 18.9. The van der Waals surface area contributed by atoms with Crippen molar-refractivity contribution in [2.45, 2.75) is 19.9 Å². The summed E-state index contributed by atoms with van der Waals surface area (Å²) in [4.78, 5) is 16.7. The van der Waals surface area contributed by atoms with Crippen molar-refractivity contribution in [1.82, 2.24) is 4.57 Å². The quantitative estimate of drug-likeness (QED) is 0.591. The van der Waals surface area contributed by atoms with E-state index in [1.165, 1.54) is 10.8 Å². The lowest BCUT2D eigenvalue weighted by molar-refractivity contribution is 0.188. The highest BCUT2D eigenvalue weighted by Gasteiger charge is 2.17. The van der Waals surface area contributed by atoms with Crippen molar-refractivity contribution in [3.63, 3.8) is 0 Å². The summed E-state index contributed by atoms with van der Waals surface area (Å²) in [6, 6.07) is 9.25. The molecule has 0 amide bonds. The van der Waals surface area contributed by atoms with Crippen LogP contribution in [0.15, 0.2) is 38.5 Å². The van der Waals surface area contributed by atoms with Gasteiger partial charge < -0.3 is 9.84 Å². The van der Waals surface area contributed by atoms with Crippen LogP contribution < -0.4 is 5.56 Å². The molecule has 0 bridgehead atoms. The molecule has 25 heavy (non-hydrogen) atoms. The van der Waals surface area contributed by atoms with Crippen LogP contribution in [0, 0.1) is 18.3 Å². The number of aromatic hydroxyl groups is 1. The third-order valence-electron chi connectivity index (χ3n) is 3.75. The topological polar surface area (TPSA) is 87.6 Å². The zero-order chi connectivity index (χ0) is 18.4. The molecule has 0 fully saturated rings. The second-order valence-corrected chi connectivity index (χ2v) is 6.30. The van der Waals surface area contributed by atoms with Gasteiger partial charge >= 0.3 is 0 Å². The smallest absolute Gasteiger partial charge is 0.271 e. The minimum Gasteiger partial charge on any atom is -0.494 e. The van der Waals surface area contributed by atoms with Crippen LogP contribution in [0.1, 0.15) is 23.1 Å². The van der Waals surface area contributed by atoms with Gasteiger partial charge in [-0.3, -0.25) is 14.4 Å². The first-order valence-corrected chi connectivity index (χ1v) is 8.44. The maximum absolute atomic E-state index is 12.4. The van der Waals surface area contributed by atoms with Crippen LogP contribution in [0.5, 0.6) is 5.88 Å². The number of aromatic nitrogens is 1. The monoisotopic (exact) mass is 403 g/mol. The molecule has 130 valence electrons. The van der Waals surface area contributed by atoms with Gasteiger partial charge in [-0.1, -0.05) is 15.9 Å². The van der Waals surface area contributed by atoms with E-state index in [1.54, 1.807) is 14.0 Å². The Morgan fingerprint density at radius 3 is 2.68 bits per heavy atom. The van der Waals surface area contributed by atoms with Crippen LogP contribution in [0.4, 0.5) is 5.69 Å². The van der Waals surface area contributed by atoms with Crippen molar-refractivity contribution in [1.29, 1.82) is 5.26 Å². The van der Waals surface area contributed by atoms with E-state index in [0.29, 0.717) is 29.8 Å². The average Bonchev–Trinajstić information content (AvgIpc) is 2.60. The van der Waals surface area contributed by atoms with Gasteiger partial charge in [0.15, 0.2) is 0 Å². The van der Waals surface area contributed by atoms with E-state index < -0.39 is 5.56 Å². The number of rotatable bonds is 6. The first-order chi connectivity index (χ1) is 12.0. The Bertz CT molecular complexity index is 880. The van der Waals surface area contributed by atoms with Crippen LogP contribution in [0.2, 0.25) is 0 Å². The summed E-state index contributed by atoms with van der Waals surface area (Å²) in [5, 5.41) is 19.8. The van der Waals surface area contributed by atoms with E-state index in [9.17, 15) is 15.2 Å². The molecular weight excluding hydrogens is 386 g/mol. The fourth-order valence-electron chi connectivity index (χ4n) is 2.37. The summed E-state index contributed by atoms with van der Waals surface area (Å²) < 4.78 is 7.10. The van der Waals surface area contributed by atoms with Crippen LogP contribution in [0.3, 0.4) is 0 Å². The molecule has 0 unspecified atom stereocenters. The number of hydrogen-bond acceptors (Lipinski definition) is 5. The van der Waals surface area contributed by atoms with Crippen LogP contribution >= 0.6 is 15.9 Å². The summed E-state index contributed by atoms with van der Waals surface area (Å²) in [6.07, 6.45) is 2.02. The fraction of sp³-hybridized carbons (Fsp3) is 0.278. The normalized spacial score (nSPS) is 11.0. The number of pyridine rings is 1. The zero-order valence-electron chi connectivity index (χ0n) is 14.0. The molecule has 7 heteroatoms. The van der Waals surface area contributed by atoms with Gasteiger partial charge in [0, 0.05) is 30.9 Å². The molecule has 1 aromatic heterocycles. The van der Waals surface area contributed by atoms with Crippen molar-refractivity contribution in [3.8, 4) is 11.9 Å². The van der Waals surface area contributed by atoms with E-state index in [-0.39, 0.29) is 18.0 Å². The summed E-state index contributed by atoms with van der Waals surface area (Å²) in [5.74, 6) is -0.196. The van der Waals surface area contributed by atoms with Gasteiger partial charge in [0.1, 0.15) is 11.6 Å². The summed E-state index contributed by atoms with van der Waals surface area (Å²) in [7, 11) is 1.56. The second-order valence-electron chi connectivity index (χ2n) is 5.39. The Morgan fingerprint density at radius 2 is 2.08 bits per heavy atom. The molecule has 0 saturated carbocycles. The van der Waals surface area contributed by atoms with Gasteiger partial charge in [0.2, 0.25) is 5.88 Å². The van der Waals surface area contributed by atoms with Gasteiger partial charge in [-0.15, -0.1) is 0 Å². The molecule has 0 spiro atoms. The maximum Gasteiger partial charge on any atom is 0.271 e. The molecule has 0 aliphatic heterocycles. The van der Waals surface area contributed by atoms with Crippen molar-refractivity contribution in [3.05, 3.63) is 55.8 Å². The maximum atomic E-state index is 12.4. The summed E-state index contributed by atoms with van der Waals surface area (Å²) >= 11 is 3.35. The van der Waals surface area contributed by atoms with Crippen LogP contribution in [-0.4, -0.2) is 29.6 Å². The third-order valence-corrected chi connectivity index (χ3v) is 4.27. The first-order valence-electron chi connectivity index (χ1n) is 7.64. The standard InChI is InChI=1S/C18H18BrN3O3/c1-12-15(10-20)17(23)22(8-3-9-25-2)18(24)16(12)11-21-14-6-4-13(19)5-7-14/h4-7,11,24H,3,8-9H2,1-2H3. The Kier molecular flexibility index (Phi) is 6.51. The van der Waals surface area contributed by atoms with Gasteiger partial charge in [-0.05, 0) is 43.2 Å². The van der Waals surface area contributed by atoms with Crippen molar-refractivity contribution < 1.29 is 9.84 Å². The Morgan fingerprint density at radius 1 is 1.40 bits per heavy atom. The summed E-state index contributed by atoms with van der Waals surface area (Å²) in [6.45, 7) is 2.33. The minimum atomic E-state index is -0.505. The number of benzene rings is 1. The van der Waals surface area contributed by atoms with Crippen LogP contribution in [0.25, 0.3) is 0 Å². The molecule has 2 aromatic rings. The highest BCUT2D eigenvalue weighted by atomic mass is 79.9. The van der Waals surface area contributed by atoms with E-state index in [1.807, 2.05) is 30.3 Å². The van der Waals surface area contributed by atoms with Crippen molar-refractivity contribution in [2.24, 2.45) is 4.99 Å². The fourth-order valence-corrected chi connectivity index (χ4v) is 2.63. The van der Waals surface area contributed by atoms with E-state index >= 15 is 0 Å². The highest BCUT2D eigenvalue weighted by Crippen LogP contribution is 2.22. The van der Waals surface area contributed by atoms with Crippen LogP contribution in [-0.2, 0) is 11.3 Å². The number of nitriles is 1. The largest absolute Gasteiger partial charge is 0.494 e. The molecule has 6 nitrogen and oxygen atoms in total. The molecule has 1 heterocycles. The highest BCUT2D eigenvalue weighted by molar-refractivity contribution is 9.10. The predicted molar refractivity (Wildman–Crippen MR) is 99.7 cm³/mol. The molecule has 1 aromatic carbocycles. The number of methoxy groups -OCH3 is 1. The number of nitrogens with zero attached hydrogens (tertiary/aromatic N) is 3. The Balaban J connectivity index is 2.49. The van der Waals surface area contributed by atoms with E-state index in [4.69, 9.17) is 4.74 Å². The molecule has 1 N–H and O–H groups in total. The number of halogens is 1. The molecule has 2 rings (SSSR count). The van der Waals surface area contributed by atoms with E-state index in [0.717, 1.165) is 4.47 Å². The second kappa shape index (κ2) is 8.60. The summed E-state index contributed by atoms with van der Waals surface area (Å²) in [5.41, 5.74) is 0.963. The SMILES string of the molecule is COCCCn1c(O)c(C=Nc2ccc(Br)cc2)c(C)c(C#N)c1=O. The van der Waals surface area contributed by atoms with Gasteiger partial charge in [-0.2, -0.15) is 5.26 Å². The van der Waals surface area contributed by atoms with Gasteiger partial charge in [0.25, 0.3) is 5.56 Å². The molecule has 0 aliphatic carbocycles. The molecule has 0 atom stereocenters. The van der Waals surface area contributed by atoms with Gasteiger partial charge in [0.05, 0.1) is 11.3 Å². The van der Waals surface area contributed by atoms with E-state index in [2.05, 4.69) is 20.9 Å². The molecule has 0 saturated heterocycles. The zero-order valence-corrected chi connectivity index (χ0v) is 15.6.